The van der Waals surface area contributed by atoms with Crippen LogP contribution in [0.4, 0.5) is 0 Å². The lowest BCUT2D eigenvalue weighted by molar-refractivity contribution is 0.298. The summed E-state index contributed by atoms with van der Waals surface area (Å²) in [6.45, 7) is 6.77. The molecule has 2 atom stereocenters. The SMILES string of the molecule is CCC(C)n1ccc(COc2ccc([C@@H](C)N)cc2)n1. The van der Waals surface area contributed by atoms with Gasteiger partial charge in [-0.05, 0) is 44.0 Å². The minimum absolute atomic E-state index is 0.0512. The van der Waals surface area contributed by atoms with Gasteiger partial charge in [-0.25, -0.2) is 0 Å². The van der Waals surface area contributed by atoms with Gasteiger partial charge >= 0.3 is 0 Å². The Labute approximate surface area is 120 Å². The zero-order valence-corrected chi connectivity index (χ0v) is 12.4. The number of rotatable bonds is 6. The molecule has 0 saturated carbocycles. The van der Waals surface area contributed by atoms with E-state index in [1.54, 1.807) is 0 Å². The van der Waals surface area contributed by atoms with Gasteiger partial charge in [0.2, 0.25) is 0 Å². The molecule has 108 valence electrons. The molecule has 2 aromatic rings. The number of aromatic nitrogens is 2. The summed E-state index contributed by atoms with van der Waals surface area (Å²) < 4.78 is 7.72. The molecule has 4 heteroatoms. The van der Waals surface area contributed by atoms with Crippen molar-refractivity contribution in [1.82, 2.24) is 9.78 Å². The van der Waals surface area contributed by atoms with Crippen LogP contribution in [0.5, 0.6) is 5.75 Å². The van der Waals surface area contributed by atoms with Gasteiger partial charge in [0.05, 0.1) is 5.69 Å². The molecule has 0 aliphatic carbocycles. The molecule has 0 radical (unpaired) electrons. The van der Waals surface area contributed by atoms with E-state index in [-0.39, 0.29) is 6.04 Å². The summed E-state index contributed by atoms with van der Waals surface area (Å²) in [6, 6.07) is 10.4. The first-order valence-electron chi connectivity index (χ1n) is 7.12. The van der Waals surface area contributed by atoms with Crippen molar-refractivity contribution in [2.24, 2.45) is 5.73 Å². The largest absolute Gasteiger partial charge is 0.487 e. The lowest BCUT2D eigenvalue weighted by Crippen LogP contribution is -2.06. The van der Waals surface area contributed by atoms with Crippen molar-refractivity contribution in [2.45, 2.75) is 45.9 Å². The van der Waals surface area contributed by atoms with E-state index in [1.165, 1.54) is 0 Å². The third-order valence-electron chi connectivity index (χ3n) is 3.50. The molecule has 1 aromatic carbocycles. The van der Waals surface area contributed by atoms with Crippen molar-refractivity contribution in [3.05, 3.63) is 47.8 Å². The predicted molar refractivity (Wildman–Crippen MR) is 80.6 cm³/mol. The second kappa shape index (κ2) is 6.57. The van der Waals surface area contributed by atoms with Crippen molar-refractivity contribution in [3.8, 4) is 5.75 Å². The fourth-order valence-corrected chi connectivity index (χ4v) is 1.91. The maximum Gasteiger partial charge on any atom is 0.132 e. The van der Waals surface area contributed by atoms with Crippen LogP contribution in [-0.2, 0) is 6.61 Å². The molecule has 0 aliphatic heterocycles. The molecule has 2 rings (SSSR count). The summed E-state index contributed by atoms with van der Waals surface area (Å²) in [7, 11) is 0. The zero-order valence-electron chi connectivity index (χ0n) is 12.4. The molecule has 0 spiro atoms. The third kappa shape index (κ3) is 3.61. The van der Waals surface area contributed by atoms with Crippen molar-refractivity contribution in [2.75, 3.05) is 0 Å². The molecule has 1 unspecified atom stereocenters. The monoisotopic (exact) mass is 273 g/mol. The van der Waals surface area contributed by atoms with Crippen LogP contribution in [0, 0.1) is 0 Å². The van der Waals surface area contributed by atoms with Gasteiger partial charge in [0.15, 0.2) is 0 Å². The van der Waals surface area contributed by atoms with Crippen LogP contribution >= 0.6 is 0 Å². The molecule has 1 heterocycles. The van der Waals surface area contributed by atoms with E-state index in [1.807, 2.05) is 48.1 Å². The van der Waals surface area contributed by atoms with Crippen LogP contribution in [0.1, 0.15) is 50.5 Å². The number of nitrogens with two attached hydrogens (primary N) is 1. The van der Waals surface area contributed by atoms with E-state index in [2.05, 4.69) is 18.9 Å². The van der Waals surface area contributed by atoms with E-state index >= 15 is 0 Å². The zero-order chi connectivity index (χ0) is 14.5. The highest BCUT2D eigenvalue weighted by Crippen LogP contribution is 2.17. The molecule has 1 aromatic heterocycles. The van der Waals surface area contributed by atoms with Gasteiger partial charge in [0.25, 0.3) is 0 Å². The molecule has 0 saturated heterocycles. The number of hydrogen-bond donors (Lipinski definition) is 1. The van der Waals surface area contributed by atoms with Crippen LogP contribution in [0.2, 0.25) is 0 Å². The van der Waals surface area contributed by atoms with Crippen LogP contribution in [0.15, 0.2) is 36.5 Å². The maximum atomic E-state index is 5.82. The standard InChI is InChI=1S/C16H23N3O/c1-4-12(2)19-10-9-15(18-19)11-20-16-7-5-14(6-8-16)13(3)17/h5-10,12-13H,4,11,17H2,1-3H3/t12?,13-/m1/s1. The summed E-state index contributed by atoms with van der Waals surface area (Å²) in [5, 5.41) is 4.51. The van der Waals surface area contributed by atoms with Gasteiger partial charge in [0.1, 0.15) is 12.4 Å². The Morgan fingerprint density at radius 2 is 1.90 bits per heavy atom. The second-order valence-electron chi connectivity index (χ2n) is 5.19. The lowest BCUT2D eigenvalue weighted by Gasteiger charge is -2.09. The molecule has 0 amide bonds. The summed E-state index contributed by atoms with van der Waals surface area (Å²) in [4.78, 5) is 0. The van der Waals surface area contributed by atoms with E-state index in [0.29, 0.717) is 12.6 Å². The Bertz CT molecular complexity index is 531. The third-order valence-corrected chi connectivity index (χ3v) is 3.50. The fraction of sp³-hybridized carbons (Fsp3) is 0.438. The second-order valence-corrected chi connectivity index (χ2v) is 5.19. The van der Waals surface area contributed by atoms with Crippen molar-refractivity contribution in [3.63, 3.8) is 0 Å². The highest BCUT2D eigenvalue weighted by molar-refractivity contribution is 5.28. The minimum Gasteiger partial charge on any atom is -0.487 e. The summed E-state index contributed by atoms with van der Waals surface area (Å²) in [5.41, 5.74) is 7.87. The number of benzene rings is 1. The predicted octanol–water partition coefficient (Wildman–Crippen LogP) is 3.45. The smallest absolute Gasteiger partial charge is 0.132 e. The van der Waals surface area contributed by atoms with Crippen LogP contribution in [0.3, 0.4) is 0 Å². The topological polar surface area (TPSA) is 53.1 Å². The number of ether oxygens (including phenoxy) is 1. The van der Waals surface area contributed by atoms with E-state index in [9.17, 15) is 0 Å². The highest BCUT2D eigenvalue weighted by Gasteiger charge is 2.05. The average Bonchev–Trinajstić information content (AvgIpc) is 2.93. The van der Waals surface area contributed by atoms with Gasteiger partial charge in [-0.15, -0.1) is 0 Å². The average molecular weight is 273 g/mol. The first-order chi connectivity index (χ1) is 9.60. The van der Waals surface area contributed by atoms with Gasteiger partial charge < -0.3 is 10.5 Å². The summed E-state index contributed by atoms with van der Waals surface area (Å²) in [6.07, 6.45) is 3.08. The molecule has 2 N–H and O–H groups in total. The highest BCUT2D eigenvalue weighted by atomic mass is 16.5. The van der Waals surface area contributed by atoms with Crippen molar-refractivity contribution < 1.29 is 4.74 Å². The summed E-state index contributed by atoms with van der Waals surface area (Å²) in [5.74, 6) is 0.840. The molecular formula is C16H23N3O. The normalized spacial score (nSPS) is 14.0. The molecule has 0 bridgehead atoms. The molecule has 0 fully saturated rings. The van der Waals surface area contributed by atoms with E-state index < -0.39 is 0 Å². The lowest BCUT2D eigenvalue weighted by atomic mass is 10.1. The molecule has 0 aliphatic rings. The molecule has 4 nitrogen and oxygen atoms in total. The van der Waals surface area contributed by atoms with Crippen LogP contribution < -0.4 is 10.5 Å². The molecular weight excluding hydrogens is 250 g/mol. The Morgan fingerprint density at radius 1 is 1.20 bits per heavy atom. The van der Waals surface area contributed by atoms with Gasteiger partial charge in [-0.1, -0.05) is 19.1 Å². The van der Waals surface area contributed by atoms with Crippen molar-refractivity contribution >= 4 is 0 Å². The van der Waals surface area contributed by atoms with Gasteiger partial charge in [-0.3, -0.25) is 4.68 Å². The maximum absolute atomic E-state index is 5.82. The van der Waals surface area contributed by atoms with Gasteiger partial charge in [0, 0.05) is 18.3 Å². The van der Waals surface area contributed by atoms with E-state index in [4.69, 9.17) is 10.5 Å². The van der Waals surface area contributed by atoms with Gasteiger partial charge in [-0.2, -0.15) is 5.10 Å². The Balaban J connectivity index is 1.93. The van der Waals surface area contributed by atoms with Crippen LogP contribution in [-0.4, -0.2) is 9.78 Å². The minimum atomic E-state index is 0.0512. The molecule has 20 heavy (non-hydrogen) atoms. The fourth-order valence-electron chi connectivity index (χ4n) is 1.91. The first kappa shape index (κ1) is 14.6. The number of hydrogen-bond acceptors (Lipinski definition) is 3. The van der Waals surface area contributed by atoms with E-state index in [0.717, 1.165) is 23.4 Å². The van der Waals surface area contributed by atoms with Crippen LogP contribution in [0.25, 0.3) is 0 Å². The summed E-state index contributed by atoms with van der Waals surface area (Å²) >= 11 is 0. The Hall–Kier alpha value is -1.81. The Kier molecular flexibility index (Phi) is 4.79. The Morgan fingerprint density at radius 3 is 2.50 bits per heavy atom. The first-order valence-corrected chi connectivity index (χ1v) is 7.12. The number of nitrogens with zero attached hydrogens (tertiary/aromatic N) is 2. The van der Waals surface area contributed by atoms with Crippen molar-refractivity contribution in [1.29, 1.82) is 0 Å². The quantitative estimate of drug-likeness (QED) is 0.877.